The van der Waals surface area contributed by atoms with Crippen LogP contribution in [0, 0.1) is 5.82 Å². The van der Waals surface area contributed by atoms with Crippen LogP contribution in [0.2, 0.25) is 0 Å². The van der Waals surface area contributed by atoms with Crippen molar-refractivity contribution < 1.29 is 17.6 Å². The summed E-state index contributed by atoms with van der Waals surface area (Å²) in [4.78, 5) is 16.5. The zero-order chi connectivity index (χ0) is 21.0. The summed E-state index contributed by atoms with van der Waals surface area (Å²) >= 11 is 0. The molecule has 0 fully saturated rings. The summed E-state index contributed by atoms with van der Waals surface area (Å²) in [5, 5.41) is 4.11. The number of halogens is 4. The SMILES string of the molecule is NC=CC(=Nc1cccc(F)c1)c1nn(-c2cccc(C(F)(F)F)c2)ccc1=O. The predicted molar refractivity (Wildman–Crippen MR) is 101 cm³/mol. The van der Waals surface area contributed by atoms with Crippen molar-refractivity contribution in [1.29, 1.82) is 0 Å². The van der Waals surface area contributed by atoms with Crippen LogP contribution in [0.5, 0.6) is 0 Å². The lowest BCUT2D eigenvalue weighted by atomic mass is 10.2. The van der Waals surface area contributed by atoms with E-state index in [0.717, 1.165) is 35.1 Å². The minimum absolute atomic E-state index is 0.0319. The van der Waals surface area contributed by atoms with Crippen LogP contribution in [0.3, 0.4) is 0 Å². The van der Waals surface area contributed by atoms with Gasteiger partial charge in [0, 0.05) is 12.3 Å². The predicted octanol–water partition coefficient (Wildman–Crippen LogP) is 3.98. The maximum atomic E-state index is 13.4. The Morgan fingerprint density at radius 1 is 1.10 bits per heavy atom. The molecular weight excluding hydrogens is 388 g/mol. The van der Waals surface area contributed by atoms with Crippen LogP contribution in [-0.4, -0.2) is 15.5 Å². The van der Waals surface area contributed by atoms with Gasteiger partial charge in [0.1, 0.15) is 5.82 Å². The maximum Gasteiger partial charge on any atom is 0.416 e. The number of rotatable bonds is 4. The van der Waals surface area contributed by atoms with Gasteiger partial charge in [-0.25, -0.2) is 14.1 Å². The lowest BCUT2D eigenvalue weighted by Crippen LogP contribution is -2.20. The van der Waals surface area contributed by atoms with E-state index in [4.69, 9.17) is 5.73 Å². The highest BCUT2D eigenvalue weighted by molar-refractivity contribution is 6.08. The molecule has 0 aliphatic rings. The second-order valence-electron chi connectivity index (χ2n) is 5.86. The number of hydrogen-bond acceptors (Lipinski definition) is 4. The summed E-state index contributed by atoms with van der Waals surface area (Å²) in [6.07, 6.45) is -0.858. The molecule has 0 saturated heterocycles. The molecule has 0 aliphatic heterocycles. The molecule has 29 heavy (non-hydrogen) atoms. The van der Waals surface area contributed by atoms with Crippen molar-refractivity contribution in [1.82, 2.24) is 9.78 Å². The third kappa shape index (κ3) is 4.75. The highest BCUT2D eigenvalue weighted by atomic mass is 19.4. The monoisotopic (exact) mass is 402 g/mol. The van der Waals surface area contributed by atoms with Gasteiger partial charge < -0.3 is 5.73 Å². The van der Waals surface area contributed by atoms with Gasteiger partial charge in [0.05, 0.1) is 22.6 Å². The van der Waals surface area contributed by atoms with Gasteiger partial charge >= 0.3 is 6.18 Å². The van der Waals surface area contributed by atoms with Gasteiger partial charge in [-0.3, -0.25) is 4.79 Å². The average molecular weight is 402 g/mol. The number of nitrogens with zero attached hydrogens (tertiary/aromatic N) is 3. The quantitative estimate of drug-likeness (QED) is 0.530. The molecule has 9 heteroatoms. The van der Waals surface area contributed by atoms with Crippen LogP contribution >= 0.6 is 0 Å². The molecule has 0 aliphatic carbocycles. The first kappa shape index (κ1) is 20.0. The van der Waals surface area contributed by atoms with E-state index >= 15 is 0 Å². The number of benzene rings is 2. The lowest BCUT2D eigenvalue weighted by molar-refractivity contribution is -0.137. The van der Waals surface area contributed by atoms with Crippen molar-refractivity contribution in [3.8, 4) is 5.69 Å². The van der Waals surface area contributed by atoms with Crippen LogP contribution < -0.4 is 11.2 Å². The number of nitrogens with two attached hydrogens (primary N) is 1. The molecule has 1 aromatic heterocycles. The Morgan fingerprint density at radius 2 is 1.86 bits per heavy atom. The van der Waals surface area contributed by atoms with Crippen LogP contribution in [-0.2, 0) is 6.18 Å². The van der Waals surface area contributed by atoms with Gasteiger partial charge in [0.15, 0.2) is 5.69 Å². The first-order valence-electron chi connectivity index (χ1n) is 8.28. The second kappa shape index (κ2) is 8.09. The van der Waals surface area contributed by atoms with E-state index in [1.807, 2.05) is 0 Å². The van der Waals surface area contributed by atoms with Crippen molar-refractivity contribution in [3.63, 3.8) is 0 Å². The van der Waals surface area contributed by atoms with Crippen molar-refractivity contribution >= 4 is 11.4 Å². The molecule has 0 unspecified atom stereocenters. The smallest absolute Gasteiger partial charge is 0.405 e. The molecule has 1 heterocycles. The van der Waals surface area contributed by atoms with E-state index in [0.29, 0.717) is 0 Å². The minimum Gasteiger partial charge on any atom is -0.405 e. The molecule has 0 amide bonds. The zero-order valence-corrected chi connectivity index (χ0v) is 14.8. The molecule has 5 nitrogen and oxygen atoms in total. The second-order valence-corrected chi connectivity index (χ2v) is 5.86. The molecule has 2 N–H and O–H groups in total. The highest BCUT2D eigenvalue weighted by Gasteiger charge is 2.30. The van der Waals surface area contributed by atoms with E-state index in [-0.39, 0.29) is 22.8 Å². The summed E-state index contributed by atoms with van der Waals surface area (Å²) in [5.41, 5.74) is 4.23. The first-order valence-corrected chi connectivity index (χ1v) is 8.28. The Balaban J connectivity index is 2.12. The fraction of sp³-hybridized carbons (Fsp3) is 0.0500. The van der Waals surface area contributed by atoms with Gasteiger partial charge in [-0.15, -0.1) is 0 Å². The number of alkyl halides is 3. The normalized spacial score (nSPS) is 12.5. The zero-order valence-electron chi connectivity index (χ0n) is 14.8. The highest BCUT2D eigenvalue weighted by Crippen LogP contribution is 2.30. The van der Waals surface area contributed by atoms with E-state index in [1.165, 1.54) is 42.6 Å². The Morgan fingerprint density at radius 3 is 2.55 bits per heavy atom. The lowest BCUT2D eigenvalue weighted by Gasteiger charge is -2.11. The molecule has 3 rings (SSSR count). The largest absolute Gasteiger partial charge is 0.416 e. The molecule has 0 bridgehead atoms. The van der Waals surface area contributed by atoms with Gasteiger partial charge in [-0.2, -0.15) is 18.3 Å². The van der Waals surface area contributed by atoms with Gasteiger partial charge in [-0.1, -0.05) is 12.1 Å². The van der Waals surface area contributed by atoms with Crippen molar-refractivity contribution in [2.45, 2.75) is 6.18 Å². The van der Waals surface area contributed by atoms with E-state index in [2.05, 4.69) is 10.1 Å². The Kier molecular flexibility index (Phi) is 5.58. The van der Waals surface area contributed by atoms with Crippen LogP contribution in [0.15, 0.2) is 82.9 Å². The number of allylic oxidation sites excluding steroid dienone is 1. The van der Waals surface area contributed by atoms with Gasteiger partial charge in [0.2, 0.25) is 5.43 Å². The molecule has 0 radical (unpaired) electrons. The van der Waals surface area contributed by atoms with Crippen LogP contribution in [0.4, 0.5) is 23.2 Å². The van der Waals surface area contributed by atoms with Crippen LogP contribution in [0.25, 0.3) is 5.69 Å². The average Bonchev–Trinajstić information content (AvgIpc) is 2.68. The molecule has 2 aromatic carbocycles. The summed E-state index contributed by atoms with van der Waals surface area (Å²) in [7, 11) is 0. The number of aromatic nitrogens is 2. The molecule has 0 spiro atoms. The number of aliphatic imine (C=N–C) groups is 1. The van der Waals surface area contributed by atoms with Crippen molar-refractivity contribution in [2.24, 2.45) is 10.7 Å². The van der Waals surface area contributed by atoms with E-state index < -0.39 is 23.0 Å². The minimum atomic E-state index is -4.52. The van der Waals surface area contributed by atoms with Crippen molar-refractivity contribution in [3.05, 3.63) is 100 Å². The van der Waals surface area contributed by atoms with E-state index in [9.17, 15) is 22.4 Å². The molecule has 0 atom stereocenters. The molecular formula is C20H14F4N4O. The van der Waals surface area contributed by atoms with Gasteiger partial charge in [0.25, 0.3) is 0 Å². The maximum absolute atomic E-state index is 13.4. The van der Waals surface area contributed by atoms with E-state index in [1.54, 1.807) is 0 Å². The Hall–Kier alpha value is -3.75. The summed E-state index contributed by atoms with van der Waals surface area (Å²) in [6.45, 7) is 0. The summed E-state index contributed by atoms with van der Waals surface area (Å²) in [6, 6.07) is 11.0. The first-order chi connectivity index (χ1) is 13.8. The standard InChI is InChI=1S/C20H14F4N4O/c21-14-4-2-5-15(12-14)26-17(7-9-25)19-18(29)8-10-28(27-19)16-6-1-3-13(11-16)20(22,23)24/h1-12H,25H2. The molecule has 3 aromatic rings. The molecule has 148 valence electrons. The van der Waals surface area contributed by atoms with Crippen LogP contribution in [0.1, 0.15) is 11.3 Å². The van der Waals surface area contributed by atoms with Crippen molar-refractivity contribution in [2.75, 3.05) is 0 Å². The summed E-state index contributed by atoms with van der Waals surface area (Å²) < 4.78 is 53.5. The third-order valence-corrected chi connectivity index (χ3v) is 3.80. The summed E-state index contributed by atoms with van der Waals surface area (Å²) in [5.74, 6) is -0.523. The number of hydrogen-bond donors (Lipinski definition) is 1. The fourth-order valence-corrected chi connectivity index (χ4v) is 2.50. The van der Waals surface area contributed by atoms with Gasteiger partial charge in [-0.05, 0) is 48.7 Å². The third-order valence-electron chi connectivity index (χ3n) is 3.80. The Labute approximate surface area is 162 Å². The fourth-order valence-electron chi connectivity index (χ4n) is 2.50. The molecule has 0 saturated carbocycles. The topological polar surface area (TPSA) is 73.3 Å². The Bertz CT molecular complexity index is 1150.